The van der Waals surface area contributed by atoms with Gasteiger partial charge in [-0.15, -0.1) is 0 Å². The van der Waals surface area contributed by atoms with Crippen molar-refractivity contribution in [3.8, 4) is 34.7 Å². The number of carbonyl (C=O) groups is 2. The summed E-state index contributed by atoms with van der Waals surface area (Å²) in [4.78, 5) is 29.2. The minimum Gasteiger partial charge on any atom is -0.508 e. The fourth-order valence-corrected chi connectivity index (χ4v) is 3.44. The lowest BCUT2D eigenvalue weighted by Gasteiger charge is -2.18. The van der Waals surface area contributed by atoms with Gasteiger partial charge in [-0.25, -0.2) is 0 Å². The van der Waals surface area contributed by atoms with E-state index in [1.807, 2.05) is 12.1 Å². The summed E-state index contributed by atoms with van der Waals surface area (Å²) in [6, 6.07) is 10.3. The zero-order valence-electron chi connectivity index (χ0n) is 16.1. The standard InChI is InChI=1S/C21H17N5O5/c22-10-11-5-14(8-15(27)6-11)20-24-19(25-31-20)13-1-2-17-12(7-13)3-4-26(17)18(28)9-16(23)21(29)30/h1-2,5-8,16,27H,3-4,9,23H2,(H,29,30)/t16-/m1/s1. The van der Waals surface area contributed by atoms with Crippen LogP contribution in [0.2, 0.25) is 0 Å². The Morgan fingerprint density at radius 2 is 2.06 bits per heavy atom. The average molecular weight is 419 g/mol. The second-order valence-corrected chi connectivity index (χ2v) is 7.09. The van der Waals surface area contributed by atoms with Gasteiger partial charge in [0.2, 0.25) is 11.7 Å². The van der Waals surface area contributed by atoms with E-state index in [1.54, 1.807) is 12.1 Å². The molecule has 0 saturated carbocycles. The first-order valence-corrected chi connectivity index (χ1v) is 9.36. The van der Waals surface area contributed by atoms with Crippen LogP contribution in [-0.4, -0.2) is 44.8 Å². The number of anilines is 1. The van der Waals surface area contributed by atoms with E-state index in [4.69, 9.17) is 20.6 Å². The highest BCUT2D eigenvalue weighted by atomic mass is 16.5. The summed E-state index contributed by atoms with van der Waals surface area (Å²) < 4.78 is 5.29. The lowest BCUT2D eigenvalue weighted by molar-refractivity contribution is -0.140. The molecule has 1 aliphatic heterocycles. The number of nitrogens with zero attached hydrogens (tertiary/aromatic N) is 4. The van der Waals surface area contributed by atoms with Crippen molar-refractivity contribution >= 4 is 17.6 Å². The van der Waals surface area contributed by atoms with Gasteiger partial charge < -0.3 is 25.4 Å². The van der Waals surface area contributed by atoms with Gasteiger partial charge in [-0.1, -0.05) is 5.16 Å². The predicted octanol–water partition coefficient (Wildman–Crippen LogP) is 1.67. The highest BCUT2D eigenvalue weighted by molar-refractivity contribution is 5.98. The molecule has 0 spiro atoms. The molecule has 1 atom stereocenters. The van der Waals surface area contributed by atoms with Crippen molar-refractivity contribution in [1.29, 1.82) is 5.26 Å². The number of aromatic nitrogens is 2. The fourth-order valence-electron chi connectivity index (χ4n) is 3.44. The Bertz CT molecular complexity index is 1230. The number of benzene rings is 2. The number of nitrogens with two attached hydrogens (primary N) is 1. The SMILES string of the molecule is N#Cc1cc(O)cc(-c2nc(-c3ccc4c(c3)CCN4C(=O)C[C@@H](N)C(=O)O)no2)c1. The minimum atomic E-state index is -1.24. The maximum atomic E-state index is 12.4. The summed E-state index contributed by atoms with van der Waals surface area (Å²) in [6.45, 7) is 0.432. The third-order valence-corrected chi connectivity index (χ3v) is 4.97. The van der Waals surface area contributed by atoms with Gasteiger partial charge in [0.1, 0.15) is 11.8 Å². The third-order valence-electron chi connectivity index (χ3n) is 4.97. The number of aromatic hydroxyl groups is 1. The van der Waals surface area contributed by atoms with Crippen LogP contribution in [0, 0.1) is 11.3 Å². The molecule has 156 valence electrons. The number of hydrogen-bond donors (Lipinski definition) is 3. The van der Waals surface area contributed by atoms with E-state index in [2.05, 4.69) is 10.1 Å². The highest BCUT2D eigenvalue weighted by Crippen LogP contribution is 2.33. The summed E-state index contributed by atoms with van der Waals surface area (Å²) in [5.41, 5.74) is 8.42. The van der Waals surface area contributed by atoms with Crippen molar-refractivity contribution in [3.63, 3.8) is 0 Å². The Balaban J connectivity index is 1.57. The van der Waals surface area contributed by atoms with Gasteiger partial charge in [-0.2, -0.15) is 10.2 Å². The molecule has 2 heterocycles. The van der Waals surface area contributed by atoms with E-state index >= 15 is 0 Å². The second kappa shape index (κ2) is 7.89. The molecule has 0 radical (unpaired) electrons. The highest BCUT2D eigenvalue weighted by Gasteiger charge is 2.28. The van der Waals surface area contributed by atoms with Crippen LogP contribution >= 0.6 is 0 Å². The van der Waals surface area contributed by atoms with Crippen molar-refractivity contribution in [3.05, 3.63) is 47.5 Å². The smallest absolute Gasteiger partial charge is 0.321 e. The lowest BCUT2D eigenvalue weighted by atomic mass is 10.1. The molecule has 1 amide bonds. The third kappa shape index (κ3) is 3.94. The zero-order valence-corrected chi connectivity index (χ0v) is 16.1. The van der Waals surface area contributed by atoms with Gasteiger partial charge in [0.25, 0.3) is 5.89 Å². The Morgan fingerprint density at radius 3 is 2.81 bits per heavy atom. The number of carboxylic acid groups (broad SMARTS) is 1. The summed E-state index contributed by atoms with van der Waals surface area (Å²) >= 11 is 0. The first-order chi connectivity index (χ1) is 14.9. The van der Waals surface area contributed by atoms with E-state index in [9.17, 15) is 14.7 Å². The van der Waals surface area contributed by atoms with Gasteiger partial charge in [-0.05, 0) is 48.4 Å². The predicted molar refractivity (Wildman–Crippen MR) is 108 cm³/mol. The maximum Gasteiger partial charge on any atom is 0.321 e. The van der Waals surface area contributed by atoms with Crippen LogP contribution in [0.3, 0.4) is 0 Å². The van der Waals surface area contributed by atoms with Crippen LogP contribution in [-0.2, 0) is 16.0 Å². The number of nitriles is 1. The molecule has 0 unspecified atom stereocenters. The second-order valence-electron chi connectivity index (χ2n) is 7.09. The van der Waals surface area contributed by atoms with Gasteiger partial charge in [0.05, 0.1) is 18.1 Å². The number of hydrogen-bond acceptors (Lipinski definition) is 8. The average Bonchev–Trinajstić information content (AvgIpc) is 3.40. The number of aliphatic carboxylic acids is 1. The molecule has 4 rings (SSSR count). The molecule has 4 N–H and O–H groups in total. The Labute approximate surface area is 176 Å². The van der Waals surface area contributed by atoms with E-state index < -0.39 is 12.0 Å². The maximum absolute atomic E-state index is 12.4. The van der Waals surface area contributed by atoms with Crippen LogP contribution < -0.4 is 10.6 Å². The molecule has 0 saturated heterocycles. The van der Waals surface area contributed by atoms with Crippen LogP contribution in [0.25, 0.3) is 22.8 Å². The minimum absolute atomic E-state index is 0.0845. The number of fused-ring (bicyclic) bond motifs is 1. The number of phenols is 1. The molecular weight excluding hydrogens is 402 g/mol. The molecule has 2 aromatic carbocycles. The molecule has 1 aromatic heterocycles. The van der Waals surface area contributed by atoms with Crippen LogP contribution in [0.15, 0.2) is 40.9 Å². The van der Waals surface area contributed by atoms with Crippen molar-refractivity contribution in [2.75, 3.05) is 11.4 Å². The van der Waals surface area contributed by atoms with E-state index in [0.717, 1.165) is 5.56 Å². The summed E-state index contributed by atoms with van der Waals surface area (Å²) in [7, 11) is 0. The molecule has 3 aromatic rings. The van der Waals surface area contributed by atoms with Gasteiger partial charge in [0, 0.05) is 23.4 Å². The summed E-state index contributed by atoms with van der Waals surface area (Å²) in [6.07, 6.45) is 0.319. The van der Waals surface area contributed by atoms with Crippen LogP contribution in [0.5, 0.6) is 5.75 Å². The Morgan fingerprint density at radius 1 is 1.26 bits per heavy atom. The van der Waals surface area contributed by atoms with E-state index in [-0.39, 0.29) is 29.5 Å². The van der Waals surface area contributed by atoms with Crippen LogP contribution in [0.4, 0.5) is 5.69 Å². The molecule has 10 heteroatoms. The number of amides is 1. The van der Waals surface area contributed by atoms with E-state index in [1.165, 1.54) is 23.1 Å². The van der Waals surface area contributed by atoms with Crippen LogP contribution in [0.1, 0.15) is 17.5 Å². The molecule has 1 aliphatic rings. The first kappa shape index (κ1) is 20.1. The molecule has 31 heavy (non-hydrogen) atoms. The molecule has 0 fully saturated rings. The van der Waals surface area contributed by atoms with Gasteiger partial charge in [0.15, 0.2) is 0 Å². The first-order valence-electron chi connectivity index (χ1n) is 9.36. The van der Waals surface area contributed by atoms with E-state index in [0.29, 0.717) is 35.6 Å². The lowest BCUT2D eigenvalue weighted by Crippen LogP contribution is -2.38. The number of carbonyl (C=O) groups excluding carboxylic acids is 1. The quantitative estimate of drug-likeness (QED) is 0.557. The molecular formula is C21H17N5O5. The normalized spacial score (nSPS) is 13.5. The molecule has 0 aliphatic carbocycles. The summed E-state index contributed by atoms with van der Waals surface area (Å²) in [5.74, 6) is -1.18. The molecule has 10 nitrogen and oxygen atoms in total. The monoisotopic (exact) mass is 419 g/mol. The largest absolute Gasteiger partial charge is 0.508 e. The fraction of sp³-hybridized carbons (Fsp3) is 0.190. The topological polar surface area (TPSA) is 167 Å². The Kier molecular flexibility index (Phi) is 5.10. The van der Waals surface area contributed by atoms with Crippen molar-refractivity contribution in [1.82, 2.24) is 10.1 Å². The zero-order chi connectivity index (χ0) is 22.1. The van der Waals surface area contributed by atoms with Crippen molar-refractivity contribution < 1.29 is 24.3 Å². The van der Waals surface area contributed by atoms with Gasteiger partial charge in [-0.3, -0.25) is 9.59 Å². The van der Waals surface area contributed by atoms with Crippen molar-refractivity contribution in [2.24, 2.45) is 5.73 Å². The Hall–Kier alpha value is -4.23. The number of carboxylic acids is 1. The summed E-state index contributed by atoms with van der Waals surface area (Å²) in [5, 5.41) is 31.7. The number of phenolic OH excluding ortho intramolecular Hbond substituents is 1. The number of rotatable bonds is 5. The van der Waals surface area contributed by atoms with Crippen molar-refractivity contribution in [2.45, 2.75) is 18.9 Å². The molecule has 0 bridgehead atoms. The van der Waals surface area contributed by atoms with Gasteiger partial charge >= 0.3 is 5.97 Å².